The summed E-state index contributed by atoms with van der Waals surface area (Å²) < 4.78 is 15.0. The Morgan fingerprint density at radius 1 is 1.28 bits per heavy atom. The molecule has 0 aliphatic carbocycles. The predicted molar refractivity (Wildman–Crippen MR) is 95.3 cm³/mol. The van der Waals surface area contributed by atoms with Gasteiger partial charge < -0.3 is 24.8 Å². The van der Waals surface area contributed by atoms with E-state index in [1.165, 1.54) is 14.2 Å². The minimum atomic E-state index is -0.646. The van der Waals surface area contributed by atoms with Gasteiger partial charge in [-0.05, 0) is 37.3 Å². The molecule has 1 aliphatic rings. The number of esters is 2. The number of thiocarbonyl (C=S) groups is 1. The van der Waals surface area contributed by atoms with E-state index in [9.17, 15) is 9.59 Å². The van der Waals surface area contributed by atoms with Gasteiger partial charge in [-0.1, -0.05) is 11.6 Å². The lowest BCUT2D eigenvalue weighted by molar-refractivity contribution is -0.143. The average molecular weight is 385 g/mol. The van der Waals surface area contributed by atoms with Crippen molar-refractivity contribution in [2.24, 2.45) is 0 Å². The molecule has 25 heavy (non-hydrogen) atoms. The number of halogens is 1. The van der Waals surface area contributed by atoms with Crippen LogP contribution in [0.5, 0.6) is 5.75 Å². The van der Waals surface area contributed by atoms with Gasteiger partial charge in [0.05, 0.1) is 25.8 Å². The SMILES string of the molecule is COC(=O)COc1ccc(Cl)cc1[C@@H]1NC(=S)NC(C)=C1C(=O)OC. The number of methoxy groups -OCH3 is 2. The molecule has 2 N–H and O–H groups in total. The van der Waals surface area contributed by atoms with Crippen LogP contribution in [0.1, 0.15) is 18.5 Å². The van der Waals surface area contributed by atoms with E-state index in [0.29, 0.717) is 32.7 Å². The van der Waals surface area contributed by atoms with E-state index in [4.69, 9.17) is 33.3 Å². The van der Waals surface area contributed by atoms with Crippen LogP contribution in [0.4, 0.5) is 0 Å². The predicted octanol–water partition coefficient (Wildman–Crippen LogP) is 1.86. The van der Waals surface area contributed by atoms with Gasteiger partial charge in [0.15, 0.2) is 11.7 Å². The highest BCUT2D eigenvalue weighted by molar-refractivity contribution is 7.80. The molecule has 0 radical (unpaired) electrons. The van der Waals surface area contributed by atoms with Crippen LogP contribution in [0.25, 0.3) is 0 Å². The topological polar surface area (TPSA) is 85.9 Å². The van der Waals surface area contributed by atoms with E-state index in [-0.39, 0.29) is 6.61 Å². The maximum atomic E-state index is 12.2. The van der Waals surface area contributed by atoms with E-state index in [2.05, 4.69) is 15.4 Å². The summed E-state index contributed by atoms with van der Waals surface area (Å²) in [6.07, 6.45) is 0. The first-order valence-corrected chi connectivity index (χ1v) is 8.01. The summed E-state index contributed by atoms with van der Waals surface area (Å²) in [5.41, 5.74) is 1.43. The van der Waals surface area contributed by atoms with Gasteiger partial charge in [0, 0.05) is 16.3 Å². The summed E-state index contributed by atoms with van der Waals surface area (Å²) >= 11 is 11.3. The highest BCUT2D eigenvalue weighted by Crippen LogP contribution is 2.35. The molecule has 0 amide bonds. The molecule has 9 heteroatoms. The Bertz CT molecular complexity index is 750. The number of ether oxygens (including phenoxy) is 3. The van der Waals surface area contributed by atoms with Crippen LogP contribution in [-0.4, -0.2) is 37.9 Å². The molecule has 0 spiro atoms. The van der Waals surface area contributed by atoms with Crippen molar-refractivity contribution in [3.05, 3.63) is 40.1 Å². The number of nitrogens with one attached hydrogen (secondary N) is 2. The number of rotatable bonds is 5. The van der Waals surface area contributed by atoms with Gasteiger partial charge in [-0.25, -0.2) is 9.59 Å². The van der Waals surface area contributed by atoms with Gasteiger partial charge in [-0.15, -0.1) is 0 Å². The summed E-state index contributed by atoms with van der Waals surface area (Å²) in [7, 11) is 2.56. The molecule has 134 valence electrons. The van der Waals surface area contributed by atoms with Crippen molar-refractivity contribution in [3.8, 4) is 5.75 Å². The highest BCUT2D eigenvalue weighted by Gasteiger charge is 2.32. The lowest BCUT2D eigenvalue weighted by atomic mass is 9.95. The molecule has 0 saturated carbocycles. The zero-order valence-corrected chi connectivity index (χ0v) is 15.4. The average Bonchev–Trinajstić information content (AvgIpc) is 2.58. The van der Waals surface area contributed by atoms with Crippen molar-refractivity contribution < 1.29 is 23.8 Å². The molecule has 2 rings (SSSR count). The first kappa shape index (κ1) is 19.0. The third-order valence-electron chi connectivity index (χ3n) is 3.53. The Kier molecular flexibility index (Phi) is 6.22. The summed E-state index contributed by atoms with van der Waals surface area (Å²) in [6, 6.07) is 4.21. The maximum Gasteiger partial charge on any atom is 0.343 e. The van der Waals surface area contributed by atoms with Gasteiger partial charge >= 0.3 is 11.9 Å². The third kappa shape index (κ3) is 4.40. The molecule has 7 nitrogen and oxygen atoms in total. The Morgan fingerprint density at radius 3 is 2.64 bits per heavy atom. The lowest BCUT2D eigenvalue weighted by Crippen LogP contribution is -2.45. The normalized spacial score (nSPS) is 16.6. The minimum absolute atomic E-state index is 0.281. The first-order chi connectivity index (χ1) is 11.9. The second kappa shape index (κ2) is 8.17. The van der Waals surface area contributed by atoms with Gasteiger partial charge in [-0.2, -0.15) is 0 Å². The molecule has 0 saturated heterocycles. The minimum Gasteiger partial charge on any atom is -0.482 e. The Labute approximate surface area is 155 Å². The molecular weight excluding hydrogens is 368 g/mol. The first-order valence-electron chi connectivity index (χ1n) is 7.23. The molecule has 0 fully saturated rings. The maximum absolute atomic E-state index is 12.2. The standard InChI is InChI=1S/C16H17ClN2O5S/c1-8-13(15(21)23-3)14(19-16(25)18-8)10-6-9(17)4-5-11(10)24-7-12(20)22-2/h4-6,14H,7H2,1-3H3,(H2,18,19,25)/t14-/m0/s1. The van der Waals surface area contributed by atoms with Crippen LogP contribution in [0.3, 0.4) is 0 Å². The summed E-state index contributed by atoms with van der Waals surface area (Å²) in [5, 5.41) is 6.67. The van der Waals surface area contributed by atoms with Gasteiger partial charge in [-0.3, -0.25) is 0 Å². The van der Waals surface area contributed by atoms with E-state index in [1.54, 1.807) is 25.1 Å². The quantitative estimate of drug-likeness (QED) is 0.587. The number of hydrogen-bond donors (Lipinski definition) is 2. The number of allylic oxidation sites excluding steroid dienone is 1. The fourth-order valence-electron chi connectivity index (χ4n) is 2.38. The second-order valence-electron chi connectivity index (χ2n) is 5.11. The molecule has 0 unspecified atom stereocenters. The number of benzene rings is 1. The van der Waals surface area contributed by atoms with Crippen LogP contribution in [-0.2, 0) is 19.1 Å². The smallest absolute Gasteiger partial charge is 0.343 e. The molecule has 1 heterocycles. The molecule has 1 aromatic rings. The van der Waals surface area contributed by atoms with E-state index in [1.807, 2.05) is 0 Å². The van der Waals surface area contributed by atoms with Crippen molar-refractivity contribution in [1.82, 2.24) is 10.6 Å². The zero-order chi connectivity index (χ0) is 18.6. The molecular formula is C16H17ClN2O5S. The van der Waals surface area contributed by atoms with Crippen LogP contribution < -0.4 is 15.4 Å². The zero-order valence-electron chi connectivity index (χ0n) is 13.8. The monoisotopic (exact) mass is 384 g/mol. The van der Waals surface area contributed by atoms with Crippen LogP contribution >= 0.6 is 23.8 Å². The van der Waals surface area contributed by atoms with Crippen molar-refractivity contribution in [1.29, 1.82) is 0 Å². The summed E-state index contributed by atoms with van der Waals surface area (Å²) in [5.74, 6) is -0.690. The van der Waals surface area contributed by atoms with E-state index in [0.717, 1.165) is 0 Å². The van der Waals surface area contributed by atoms with Crippen LogP contribution in [0, 0.1) is 0 Å². The fraction of sp³-hybridized carbons (Fsp3) is 0.312. The van der Waals surface area contributed by atoms with Crippen molar-refractivity contribution in [2.75, 3.05) is 20.8 Å². The van der Waals surface area contributed by atoms with Gasteiger partial charge in [0.2, 0.25) is 0 Å². The van der Waals surface area contributed by atoms with Gasteiger partial charge in [0.1, 0.15) is 5.75 Å². The van der Waals surface area contributed by atoms with Crippen molar-refractivity contribution in [2.45, 2.75) is 13.0 Å². The molecule has 1 atom stereocenters. The van der Waals surface area contributed by atoms with Crippen molar-refractivity contribution >= 4 is 40.9 Å². The van der Waals surface area contributed by atoms with E-state index < -0.39 is 18.0 Å². The van der Waals surface area contributed by atoms with E-state index >= 15 is 0 Å². The highest BCUT2D eigenvalue weighted by atomic mass is 35.5. The fourth-order valence-corrected chi connectivity index (χ4v) is 2.83. The summed E-state index contributed by atoms with van der Waals surface area (Å²) in [4.78, 5) is 23.6. The van der Waals surface area contributed by atoms with Gasteiger partial charge in [0.25, 0.3) is 0 Å². The Hall–Kier alpha value is -2.32. The molecule has 1 aliphatic heterocycles. The third-order valence-corrected chi connectivity index (χ3v) is 3.99. The van der Waals surface area contributed by atoms with Crippen molar-refractivity contribution in [3.63, 3.8) is 0 Å². The number of carbonyl (C=O) groups is 2. The molecule has 0 aromatic heterocycles. The molecule has 0 bridgehead atoms. The lowest BCUT2D eigenvalue weighted by Gasteiger charge is -2.30. The molecule has 1 aromatic carbocycles. The largest absolute Gasteiger partial charge is 0.482 e. The summed E-state index contributed by atoms with van der Waals surface area (Å²) in [6.45, 7) is 1.43. The Morgan fingerprint density at radius 2 is 2.00 bits per heavy atom. The number of carbonyl (C=O) groups excluding carboxylic acids is 2. The second-order valence-corrected chi connectivity index (χ2v) is 5.95. The van der Waals surface area contributed by atoms with Crippen LogP contribution in [0.2, 0.25) is 5.02 Å². The van der Waals surface area contributed by atoms with Crippen LogP contribution in [0.15, 0.2) is 29.5 Å². The Balaban J connectivity index is 2.48. The number of hydrogen-bond acceptors (Lipinski definition) is 6.